The molecule has 17 unspecified atom stereocenters. The Morgan fingerprint density at radius 2 is 0.640 bits per heavy atom. The molecular formula is C73H131N11O30. The fraction of sp³-hybridized carbons (Fsp3) is 0.849. The molecule has 3 aliphatic heterocycles. The number of hydrogen-bond acceptors (Lipinski definition) is 30. The average Bonchev–Trinajstić information content (AvgIpc) is 0.819. The van der Waals surface area contributed by atoms with Crippen molar-refractivity contribution in [1.29, 1.82) is 0 Å². The SMILES string of the molecule is CC(=O)NC1C(OCCOCCNC(=O)CCCC(=O)NCCCCC(NC(=O)CCCC(=O)NCCOCCOC2OC(CO)C(O)C(O)C2NC(C)=O)C(=O)NC(CCCCNC(=O)CCCC(=O)NCCOCCOC2OC(CO)C(O)C(O)C2NC(C)=O)C(=O)NCCCCCCOC(C)(C)C)OC(CO)C(O)C1O. The van der Waals surface area contributed by atoms with Gasteiger partial charge in [0.05, 0.1) is 84.9 Å². The lowest BCUT2D eigenvalue weighted by Gasteiger charge is -2.42. The van der Waals surface area contributed by atoms with Crippen LogP contribution in [0.25, 0.3) is 0 Å². The number of hydrogen-bond donors (Lipinski definition) is 20. The minimum Gasteiger partial charge on any atom is -0.394 e. The molecule has 0 aliphatic carbocycles. The predicted molar refractivity (Wildman–Crippen MR) is 402 cm³/mol. The minimum absolute atomic E-state index is 0.00434. The number of carbonyl (C=O) groups is 11. The minimum atomic E-state index is -1.49. The van der Waals surface area contributed by atoms with Gasteiger partial charge in [-0.3, -0.25) is 52.7 Å². The third-order valence-corrected chi connectivity index (χ3v) is 18.1. The highest BCUT2D eigenvalue weighted by atomic mass is 16.7. The van der Waals surface area contributed by atoms with E-state index < -0.39 is 165 Å². The number of carbonyl (C=O) groups excluding carboxylic acids is 11. The molecule has 0 aromatic rings. The van der Waals surface area contributed by atoms with Crippen molar-refractivity contribution in [1.82, 2.24) is 58.5 Å². The van der Waals surface area contributed by atoms with Gasteiger partial charge in [-0.05, 0) is 91.4 Å². The van der Waals surface area contributed by atoms with Crippen LogP contribution in [0.5, 0.6) is 0 Å². The monoisotopic (exact) mass is 1640 g/mol. The molecule has 0 aromatic heterocycles. The van der Waals surface area contributed by atoms with E-state index in [-0.39, 0.29) is 192 Å². The fourth-order valence-corrected chi connectivity index (χ4v) is 12.0. The van der Waals surface area contributed by atoms with Crippen LogP contribution in [0.1, 0.15) is 164 Å². The van der Waals surface area contributed by atoms with E-state index in [0.29, 0.717) is 45.3 Å². The molecule has 11 amide bonds. The van der Waals surface area contributed by atoms with Crippen LogP contribution in [0.4, 0.5) is 0 Å². The molecule has 41 heteroatoms. The second kappa shape index (κ2) is 58.3. The molecule has 114 heavy (non-hydrogen) atoms. The van der Waals surface area contributed by atoms with Crippen molar-refractivity contribution in [3.63, 3.8) is 0 Å². The van der Waals surface area contributed by atoms with Gasteiger partial charge in [-0.1, -0.05) is 12.8 Å². The predicted octanol–water partition coefficient (Wildman–Crippen LogP) is -6.19. The van der Waals surface area contributed by atoms with Gasteiger partial charge in [0.2, 0.25) is 65.0 Å². The summed E-state index contributed by atoms with van der Waals surface area (Å²) in [5, 5.41) is 120. The molecule has 3 aliphatic rings. The smallest absolute Gasteiger partial charge is 0.243 e. The van der Waals surface area contributed by atoms with E-state index in [4.69, 9.17) is 47.4 Å². The van der Waals surface area contributed by atoms with Gasteiger partial charge in [0.1, 0.15) is 85.1 Å². The first-order valence-electron chi connectivity index (χ1n) is 39.5. The number of amides is 11. The van der Waals surface area contributed by atoms with Gasteiger partial charge in [0.15, 0.2) is 18.9 Å². The van der Waals surface area contributed by atoms with Crippen LogP contribution >= 0.6 is 0 Å². The number of aliphatic hydroxyl groups is 9. The number of ether oxygens (including phenoxy) is 10. The Kier molecular flexibility index (Phi) is 52.0. The maximum absolute atomic E-state index is 14.3. The molecule has 3 saturated heterocycles. The van der Waals surface area contributed by atoms with Crippen molar-refractivity contribution in [2.24, 2.45) is 0 Å². The van der Waals surface area contributed by atoms with Gasteiger partial charge >= 0.3 is 0 Å². The zero-order valence-electron chi connectivity index (χ0n) is 66.8. The second-order valence-electron chi connectivity index (χ2n) is 28.9. The van der Waals surface area contributed by atoms with Crippen LogP contribution in [0.3, 0.4) is 0 Å². The van der Waals surface area contributed by atoms with E-state index in [0.717, 1.165) is 19.3 Å². The van der Waals surface area contributed by atoms with Crippen LogP contribution in [-0.4, -0.2) is 346 Å². The molecule has 3 rings (SSSR count). The van der Waals surface area contributed by atoms with Gasteiger partial charge in [0.25, 0.3) is 0 Å². The Morgan fingerprint density at radius 1 is 0.333 bits per heavy atom. The van der Waals surface area contributed by atoms with E-state index in [1.54, 1.807) is 0 Å². The Bertz CT molecular complexity index is 2820. The summed E-state index contributed by atoms with van der Waals surface area (Å²) in [7, 11) is 0. The molecule has 0 aromatic carbocycles. The molecule has 17 atom stereocenters. The third-order valence-electron chi connectivity index (χ3n) is 18.1. The van der Waals surface area contributed by atoms with Crippen LogP contribution in [0.2, 0.25) is 0 Å². The van der Waals surface area contributed by atoms with E-state index in [1.165, 1.54) is 20.8 Å². The first kappa shape index (κ1) is 102. The Morgan fingerprint density at radius 3 is 0.974 bits per heavy atom. The molecule has 0 bridgehead atoms. The average molecular weight is 1640 g/mol. The fourth-order valence-electron chi connectivity index (χ4n) is 12.0. The van der Waals surface area contributed by atoms with E-state index in [2.05, 4.69) is 58.5 Å². The quantitative estimate of drug-likeness (QED) is 0.0252. The van der Waals surface area contributed by atoms with Crippen molar-refractivity contribution >= 4 is 65.0 Å². The highest BCUT2D eigenvalue weighted by Crippen LogP contribution is 2.25. The van der Waals surface area contributed by atoms with Crippen LogP contribution < -0.4 is 58.5 Å². The van der Waals surface area contributed by atoms with Crippen LogP contribution in [-0.2, 0) is 100 Å². The summed E-state index contributed by atoms with van der Waals surface area (Å²) < 4.78 is 55.8. The molecule has 0 saturated carbocycles. The van der Waals surface area contributed by atoms with Crippen molar-refractivity contribution in [3.05, 3.63) is 0 Å². The molecular weight excluding hydrogens is 1510 g/mol. The maximum Gasteiger partial charge on any atom is 0.243 e. The number of aliphatic hydroxyl groups excluding tert-OH is 9. The van der Waals surface area contributed by atoms with Crippen molar-refractivity contribution in [3.8, 4) is 0 Å². The van der Waals surface area contributed by atoms with Gasteiger partial charge < -0.3 is 152 Å². The summed E-state index contributed by atoms with van der Waals surface area (Å²) >= 11 is 0. The highest BCUT2D eigenvalue weighted by Gasteiger charge is 2.48. The Hall–Kier alpha value is -6.59. The number of unbranched alkanes of at least 4 members (excludes halogenated alkanes) is 5. The first-order chi connectivity index (χ1) is 54.4. The maximum atomic E-state index is 14.3. The summed E-state index contributed by atoms with van der Waals surface area (Å²) in [6.45, 7) is 9.48. The van der Waals surface area contributed by atoms with Crippen molar-refractivity contribution in [2.75, 3.05) is 125 Å². The van der Waals surface area contributed by atoms with Crippen LogP contribution in [0, 0.1) is 0 Å². The van der Waals surface area contributed by atoms with Crippen molar-refractivity contribution in [2.45, 2.75) is 273 Å². The summed E-state index contributed by atoms with van der Waals surface area (Å²) in [5.41, 5.74) is -0.275. The van der Waals surface area contributed by atoms with Crippen LogP contribution in [0.15, 0.2) is 0 Å². The van der Waals surface area contributed by atoms with Gasteiger partial charge in [-0.25, -0.2) is 0 Å². The molecule has 20 N–H and O–H groups in total. The lowest BCUT2D eigenvalue weighted by atomic mass is 9.97. The van der Waals surface area contributed by atoms with Gasteiger partial charge in [-0.15, -0.1) is 0 Å². The van der Waals surface area contributed by atoms with Crippen molar-refractivity contribution < 1.29 is 146 Å². The third kappa shape index (κ3) is 43.0. The number of nitrogens with one attached hydrogen (secondary N) is 11. The molecule has 0 radical (unpaired) electrons. The molecule has 41 nitrogen and oxygen atoms in total. The highest BCUT2D eigenvalue weighted by molar-refractivity contribution is 5.92. The first-order valence-corrected chi connectivity index (χ1v) is 39.5. The largest absolute Gasteiger partial charge is 0.394 e. The van der Waals surface area contributed by atoms with Gasteiger partial charge in [-0.2, -0.15) is 0 Å². The summed E-state index contributed by atoms with van der Waals surface area (Å²) in [5.74, 6) is -4.91. The summed E-state index contributed by atoms with van der Waals surface area (Å²) in [6, 6.07) is -5.60. The zero-order chi connectivity index (χ0) is 84.4. The zero-order valence-corrected chi connectivity index (χ0v) is 66.8. The van der Waals surface area contributed by atoms with E-state index in [9.17, 15) is 98.7 Å². The normalized spacial score (nSPS) is 24.0. The Balaban J connectivity index is 1.53. The molecule has 0 spiro atoms. The molecule has 3 fully saturated rings. The summed E-state index contributed by atoms with van der Waals surface area (Å²) in [6.07, 6.45) is -10.7. The standard InChI is InChI=1S/C73H131N11O30/c1-45(88)80-59-65(100)62(97)50(42-85)112-70(59)108-39-36-105-33-29-76-55(93)22-15-20-53(91)74-26-12-9-18-48(68(103)79-28-11-7-8-14-32-111-73(4,5)6)84-69(104)49(83-58(96)25-17-24-57(95)78-31-35-107-38-41-110-72-61(82-47(3)90)67(102)64(99)52(44-87)114-72)19-10-13-27-75-54(92)21-16-23-56(94)77-30-34-106-37-40-109-71-60(81-46(2)89)66(101)63(98)51(43-86)113-71/h48-52,59-67,70-72,85-87,97-102H,7-44H2,1-6H3,(H,74,91)(H,75,92)(H,76,93)(H,77,94)(H,78,95)(H,79,103)(H,80,88)(H,81,89)(H,82,90)(H,83,96)(H,84,104). The Labute approximate surface area is 665 Å². The lowest BCUT2D eigenvalue weighted by molar-refractivity contribution is -0.272. The topological polar surface area (TPSA) is 594 Å². The molecule has 3 heterocycles. The lowest BCUT2D eigenvalue weighted by Crippen LogP contribution is -2.64. The van der Waals surface area contributed by atoms with E-state index in [1.807, 2.05) is 20.8 Å². The van der Waals surface area contributed by atoms with Gasteiger partial charge in [0, 0.05) is 105 Å². The number of rotatable bonds is 60. The summed E-state index contributed by atoms with van der Waals surface area (Å²) in [4.78, 5) is 141. The van der Waals surface area contributed by atoms with E-state index >= 15 is 0 Å². The second-order valence-corrected chi connectivity index (χ2v) is 28.9. The molecule has 658 valence electrons.